The first-order valence-corrected chi connectivity index (χ1v) is 13.9. The molecule has 1 aliphatic heterocycles. The second-order valence-electron chi connectivity index (χ2n) is 7.77. The molecule has 0 aliphatic carbocycles. The third-order valence-corrected chi connectivity index (χ3v) is 7.66. The number of benzene rings is 1. The second kappa shape index (κ2) is 11.8. The number of carbonyl (C=O) groups excluding carboxylic acids is 2. The molecular weight excluding hydrogens is 466 g/mol. The van der Waals surface area contributed by atoms with E-state index in [1.807, 2.05) is 36.6 Å². The maximum Gasteiger partial charge on any atom is 0.263 e. The minimum absolute atomic E-state index is 0.390. The first-order valence-electron chi connectivity index (χ1n) is 11.2. The molecule has 0 unspecified atom stereocenters. The highest BCUT2D eigenvalue weighted by molar-refractivity contribution is 7.92. The van der Waals surface area contributed by atoms with E-state index in [9.17, 15) is 18.0 Å². The molecule has 0 radical (unpaired) electrons. The standard InChI is InChI=1S/C22H31N3O6S2/c1-3-30-13-12-25-18-9-8-17(31-4-2)14-19(18)32-22(25)23-20(26)15-33(28,29)16-21(27)24-10-6-5-7-11-24/h8-9,14H,3-7,10-13,15-16H2,1-2H3. The quantitative estimate of drug-likeness (QED) is 0.465. The Morgan fingerprint density at radius 3 is 2.55 bits per heavy atom. The molecule has 182 valence electrons. The first-order chi connectivity index (χ1) is 15.8. The lowest BCUT2D eigenvalue weighted by atomic mass is 10.1. The molecule has 1 fully saturated rings. The number of nitrogens with zero attached hydrogens (tertiary/aromatic N) is 3. The lowest BCUT2D eigenvalue weighted by molar-refractivity contribution is -0.129. The van der Waals surface area contributed by atoms with Crippen molar-refractivity contribution in [3.05, 3.63) is 23.0 Å². The number of carbonyl (C=O) groups is 2. The molecule has 0 spiro atoms. The van der Waals surface area contributed by atoms with E-state index in [0.29, 0.717) is 50.0 Å². The van der Waals surface area contributed by atoms with Gasteiger partial charge >= 0.3 is 0 Å². The van der Waals surface area contributed by atoms with Crippen LogP contribution in [-0.2, 0) is 30.7 Å². The van der Waals surface area contributed by atoms with Gasteiger partial charge in [0.2, 0.25) is 5.91 Å². The van der Waals surface area contributed by atoms with Crippen LogP contribution in [0, 0.1) is 0 Å². The van der Waals surface area contributed by atoms with E-state index in [1.165, 1.54) is 11.3 Å². The fraction of sp³-hybridized carbons (Fsp3) is 0.591. The number of sulfone groups is 1. The number of amides is 2. The van der Waals surface area contributed by atoms with Crippen molar-refractivity contribution in [1.82, 2.24) is 9.47 Å². The second-order valence-corrected chi connectivity index (χ2v) is 10.8. The van der Waals surface area contributed by atoms with Crippen molar-refractivity contribution >= 4 is 43.2 Å². The van der Waals surface area contributed by atoms with Gasteiger partial charge in [0.15, 0.2) is 14.6 Å². The van der Waals surface area contributed by atoms with Crippen molar-refractivity contribution in [1.29, 1.82) is 0 Å². The van der Waals surface area contributed by atoms with Gasteiger partial charge in [-0.3, -0.25) is 9.59 Å². The normalized spacial score (nSPS) is 15.2. The van der Waals surface area contributed by atoms with Crippen molar-refractivity contribution in [2.24, 2.45) is 4.99 Å². The SMILES string of the molecule is CCOCCn1c(=NC(=O)CS(=O)(=O)CC(=O)N2CCCCC2)sc2cc(OCC)ccc21. The first kappa shape index (κ1) is 25.4. The molecule has 2 heterocycles. The summed E-state index contributed by atoms with van der Waals surface area (Å²) >= 11 is 1.28. The number of piperidine rings is 1. The molecule has 1 aromatic carbocycles. The van der Waals surface area contributed by atoms with Crippen LogP contribution in [0.25, 0.3) is 10.2 Å². The molecule has 11 heteroatoms. The van der Waals surface area contributed by atoms with Crippen LogP contribution in [-0.4, -0.2) is 74.1 Å². The van der Waals surface area contributed by atoms with E-state index in [1.54, 1.807) is 4.90 Å². The molecule has 9 nitrogen and oxygen atoms in total. The highest BCUT2D eigenvalue weighted by Crippen LogP contribution is 2.23. The summed E-state index contributed by atoms with van der Waals surface area (Å²) in [5.41, 5.74) is 0.859. The Morgan fingerprint density at radius 1 is 1.09 bits per heavy atom. The molecule has 2 aromatic rings. The predicted octanol–water partition coefficient (Wildman–Crippen LogP) is 1.99. The Balaban J connectivity index is 1.81. The van der Waals surface area contributed by atoms with Crippen LogP contribution in [0.2, 0.25) is 0 Å². The number of likely N-dealkylation sites (tertiary alicyclic amines) is 1. The third kappa shape index (κ3) is 7.12. The molecule has 3 rings (SSSR count). The van der Waals surface area contributed by atoms with Crippen molar-refractivity contribution in [2.45, 2.75) is 39.7 Å². The molecule has 33 heavy (non-hydrogen) atoms. The predicted molar refractivity (Wildman–Crippen MR) is 127 cm³/mol. The number of hydrogen-bond donors (Lipinski definition) is 0. The summed E-state index contributed by atoms with van der Waals surface area (Å²) in [5.74, 6) is -1.98. The van der Waals surface area contributed by atoms with Crippen LogP contribution in [0.5, 0.6) is 5.75 Å². The van der Waals surface area contributed by atoms with E-state index in [0.717, 1.165) is 29.5 Å². The van der Waals surface area contributed by atoms with E-state index in [2.05, 4.69) is 4.99 Å². The minimum atomic E-state index is -3.91. The molecule has 0 saturated carbocycles. The minimum Gasteiger partial charge on any atom is -0.494 e. The maximum absolute atomic E-state index is 12.6. The van der Waals surface area contributed by atoms with Crippen LogP contribution in [0.4, 0.5) is 0 Å². The van der Waals surface area contributed by atoms with Crippen LogP contribution in [0.15, 0.2) is 23.2 Å². The van der Waals surface area contributed by atoms with Gasteiger partial charge in [0.25, 0.3) is 5.91 Å². The zero-order chi connectivity index (χ0) is 23.8. The Kier molecular flexibility index (Phi) is 9.04. The summed E-state index contributed by atoms with van der Waals surface area (Å²) in [4.78, 5) is 31.0. The monoisotopic (exact) mass is 497 g/mol. The number of ether oxygens (including phenoxy) is 2. The van der Waals surface area contributed by atoms with Crippen LogP contribution in [0.3, 0.4) is 0 Å². The Morgan fingerprint density at radius 2 is 1.85 bits per heavy atom. The summed E-state index contributed by atoms with van der Waals surface area (Å²) in [6.45, 7) is 6.92. The molecular formula is C22H31N3O6S2. The molecule has 1 saturated heterocycles. The molecule has 2 amide bonds. The van der Waals surface area contributed by atoms with Gasteiger partial charge in [-0.15, -0.1) is 0 Å². The Labute approximate surface area is 197 Å². The summed E-state index contributed by atoms with van der Waals surface area (Å²) < 4.78 is 38.7. The number of hydrogen-bond acceptors (Lipinski definition) is 7. The average molecular weight is 498 g/mol. The smallest absolute Gasteiger partial charge is 0.263 e. The van der Waals surface area contributed by atoms with Crippen LogP contribution in [0.1, 0.15) is 33.1 Å². The highest BCUT2D eigenvalue weighted by Gasteiger charge is 2.25. The lowest BCUT2D eigenvalue weighted by Crippen LogP contribution is -2.40. The van der Waals surface area contributed by atoms with Gasteiger partial charge in [-0.1, -0.05) is 11.3 Å². The van der Waals surface area contributed by atoms with Gasteiger partial charge in [-0.25, -0.2) is 8.42 Å². The fourth-order valence-electron chi connectivity index (χ4n) is 3.71. The van der Waals surface area contributed by atoms with E-state index in [-0.39, 0.29) is 0 Å². The van der Waals surface area contributed by atoms with Gasteiger partial charge in [0.05, 0.1) is 23.4 Å². The number of fused-ring (bicyclic) bond motifs is 1. The van der Waals surface area contributed by atoms with Gasteiger partial charge in [0, 0.05) is 26.2 Å². The summed E-state index contributed by atoms with van der Waals surface area (Å²) in [7, 11) is -3.91. The largest absolute Gasteiger partial charge is 0.494 e. The van der Waals surface area contributed by atoms with Gasteiger partial charge in [0.1, 0.15) is 17.3 Å². The van der Waals surface area contributed by atoms with Gasteiger partial charge in [-0.05, 0) is 51.3 Å². The number of thiazole rings is 1. The summed E-state index contributed by atoms with van der Waals surface area (Å²) in [5, 5.41) is 0. The van der Waals surface area contributed by atoms with Crippen molar-refractivity contribution in [3.63, 3.8) is 0 Å². The van der Waals surface area contributed by atoms with Crippen molar-refractivity contribution in [3.8, 4) is 5.75 Å². The zero-order valence-corrected chi connectivity index (χ0v) is 20.8. The number of aromatic nitrogens is 1. The maximum atomic E-state index is 12.6. The summed E-state index contributed by atoms with van der Waals surface area (Å²) in [6.07, 6.45) is 2.79. The average Bonchev–Trinajstić information content (AvgIpc) is 3.10. The Hall–Kier alpha value is -2.24. The van der Waals surface area contributed by atoms with E-state index < -0.39 is 33.2 Å². The molecule has 0 atom stereocenters. The van der Waals surface area contributed by atoms with Gasteiger partial charge in [-0.2, -0.15) is 4.99 Å². The topological polar surface area (TPSA) is 107 Å². The van der Waals surface area contributed by atoms with E-state index in [4.69, 9.17) is 9.47 Å². The number of rotatable bonds is 10. The molecule has 1 aliphatic rings. The van der Waals surface area contributed by atoms with Crippen LogP contribution < -0.4 is 9.54 Å². The third-order valence-electron chi connectivity index (χ3n) is 5.24. The fourth-order valence-corrected chi connectivity index (χ4v) is 5.92. The van der Waals surface area contributed by atoms with Crippen molar-refractivity contribution in [2.75, 3.05) is 44.4 Å². The molecule has 0 bridgehead atoms. The lowest BCUT2D eigenvalue weighted by Gasteiger charge is -2.26. The highest BCUT2D eigenvalue weighted by atomic mass is 32.2. The van der Waals surface area contributed by atoms with Crippen LogP contribution >= 0.6 is 11.3 Å². The Bertz CT molecular complexity index is 1150. The molecule has 1 aromatic heterocycles. The molecule has 0 N–H and O–H groups in total. The van der Waals surface area contributed by atoms with E-state index >= 15 is 0 Å². The van der Waals surface area contributed by atoms with Crippen molar-refractivity contribution < 1.29 is 27.5 Å². The summed E-state index contributed by atoms with van der Waals surface area (Å²) in [6, 6.07) is 5.61. The van der Waals surface area contributed by atoms with Gasteiger partial charge < -0.3 is 18.9 Å². The zero-order valence-electron chi connectivity index (χ0n) is 19.1.